The van der Waals surface area contributed by atoms with Gasteiger partial charge in [-0.1, -0.05) is 19.8 Å². The summed E-state index contributed by atoms with van der Waals surface area (Å²) in [5.41, 5.74) is 5.94. The van der Waals surface area contributed by atoms with Crippen molar-refractivity contribution in [3.8, 4) is 0 Å². The first-order chi connectivity index (χ1) is 9.78. The highest BCUT2D eigenvalue weighted by molar-refractivity contribution is 8.06. The van der Waals surface area contributed by atoms with E-state index in [-0.39, 0.29) is 0 Å². The van der Waals surface area contributed by atoms with E-state index < -0.39 is 0 Å². The van der Waals surface area contributed by atoms with Gasteiger partial charge in [-0.15, -0.1) is 11.8 Å². The van der Waals surface area contributed by atoms with Crippen LogP contribution in [0.15, 0.2) is 0 Å². The quantitative estimate of drug-likeness (QED) is 0.923. The standard InChI is InChI=1S/C14H22N4S2/c1-2-10-11(20-8-7-19-10)13-16-12(17-14(15)18-13)9-5-3-4-6-9/h9-11H,2-8H2,1H3,(H2,15,16,17,18). The fourth-order valence-electron chi connectivity index (χ4n) is 3.06. The van der Waals surface area contributed by atoms with E-state index in [2.05, 4.69) is 16.9 Å². The molecule has 2 aliphatic rings. The van der Waals surface area contributed by atoms with E-state index in [0.29, 0.717) is 22.4 Å². The molecule has 2 fully saturated rings. The molecule has 0 amide bonds. The molecule has 2 N–H and O–H groups in total. The Morgan fingerprint density at radius 1 is 1.05 bits per heavy atom. The van der Waals surface area contributed by atoms with Crippen LogP contribution >= 0.6 is 23.5 Å². The van der Waals surface area contributed by atoms with Gasteiger partial charge in [0, 0.05) is 22.7 Å². The van der Waals surface area contributed by atoms with Crippen LogP contribution in [0.2, 0.25) is 0 Å². The lowest BCUT2D eigenvalue weighted by Gasteiger charge is -2.29. The van der Waals surface area contributed by atoms with Crippen LogP contribution in [-0.4, -0.2) is 31.7 Å². The van der Waals surface area contributed by atoms with E-state index in [9.17, 15) is 0 Å². The van der Waals surface area contributed by atoms with Gasteiger partial charge in [-0.25, -0.2) is 4.98 Å². The van der Waals surface area contributed by atoms with Crippen LogP contribution in [-0.2, 0) is 0 Å². The first kappa shape index (κ1) is 14.4. The average molecular weight is 310 g/mol. The summed E-state index contributed by atoms with van der Waals surface area (Å²) in [6, 6.07) is 0. The molecule has 1 aromatic heterocycles. The second kappa shape index (κ2) is 6.52. The van der Waals surface area contributed by atoms with Gasteiger partial charge in [0.2, 0.25) is 5.95 Å². The molecule has 3 rings (SSSR count). The number of rotatable bonds is 3. The first-order valence-corrected chi connectivity index (χ1v) is 9.62. The molecule has 0 radical (unpaired) electrons. The normalized spacial score (nSPS) is 27.9. The molecule has 110 valence electrons. The van der Waals surface area contributed by atoms with Crippen molar-refractivity contribution in [2.24, 2.45) is 0 Å². The Kier molecular flexibility index (Phi) is 4.71. The number of hydrogen-bond donors (Lipinski definition) is 1. The Morgan fingerprint density at radius 2 is 1.75 bits per heavy atom. The number of nitrogens with two attached hydrogens (primary N) is 1. The van der Waals surface area contributed by atoms with Gasteiger partial charge in [0.25, 0.3) is 0 Å². The van der Waals surface area contributed by atoms with Crippen LogP contribution < -0.4 is 5.73 Å². The molecule has 1 aromatic rings. The zero-order valence-corrected chi connectivity index (χ0v) is 13.6. The molecule has 1 aliphatic heterocycles. The summed E-state index contributed by atoms with van der Waals surface area (Å²) in [6.07, 6.45) is 6.14. The van der Waals surface area contributed by atoms with Crippen LogP contribution in [0.3, 0.4) is 0 Å². The van der Waals surface area contributed by atoms with Crippen molar-refractivity contribution in [1.29, 1.82) is 0 Å². The van der Waals surface area contributed by atoms with Crippen LogP contribution in [0.25, 0.3) is 0 Å². The van der Waals surface area contributed by atoms with Gasteiger partial charge in [-0.3, -0.25) is 0 Å². The predicted molar refractivity (Wildman–Crippen MR) is 87.2 cm³/mol. The molecule has 1 saturated heterocycles. The summed E-state index contributed by atoms with van der Waals surface area (Å²) >= 11 is 4.03. The fraction of sp³-hybridized carbons (Fsp3) is 0.786. The molecule has 2 atom stereocenters. The predicted octanol–water partition coefficient (Wildman–Crippen LogP) is 3.41. The van der Waals surface area contributed by atoms with E-state index in [1.54, 1.807) is 0 Å². The zero-order valence-electron chi connectivity index (χ0n) is 11.9. The van der Waals surface area contributed by atoms with Crippen LogP contribution in [0.1, 0.15) is 61.8 Å². The molecule has 1 saturated carbocycles. The molecular weight excluding hydrogens is 288 g/mol. The molecule has 2 heterocycles. The summed E-state index contributed by atoms with van der Waals surface area (Å²) in [5.74, 6) is 5.18. The maximum absolute atomic E-state index is 5.94. The molecule has 20 heavy (non-hydrogen) atoms. The van der Waals surface area contributed by atoms with Crippen molar-refractivity contribution in [1.82, 2.24) is 15.0 Å². The number of aromatic nitrogens is 3. The van der Waals surface area contributed by atoms with E-state index >= 15 is 0 Å². The summed E-state index contributed by atoms with van der Waals surface area (Å²) in [6.45, 7) is 2.25. The van der Waals surface area contributed by atoms with Crippen LogP contribution in [0.4, 0.5) is 5.95 Å². The molecule has 6 heteroatoms. The van der Waals surface area contributed by atoms with Gasteiger partial charge < -0.3 is 5.73 Å². The van der Waals surface area contributed by atoms with Gasteiger partial charge in [0.05, 0.1) is 5.25 Å². The van der Waals surface area contributed by atoms with Crippen molar-refractivity contribution >= 4 is 29.5 Å². The number of nitrogens with zero attached hydrogens (tertiary/aromatic N) is 3. The van der Waals surface area contributed by atoms with Crippen molar-refractivity contribution in [2.45, 2.75) is 55.4 Å². The molecular formula is C14H22N4S2. The second-order valence-electron chi connectivity index (χ2n) is 5.50. The first-order valence-electron chi connectivity index (χ1n) is 7.52. The number of hydrogen-bond acceptors (Lipinski definition) is 6. The van der Waals surface area contributed by atoms with Crippen LogP contribution in [0.5, 0.6) is 0 Å². The van der Waals surface area contributed by atoms with Crippen molar-refractivity contribution in [3.63, 3.8) is 0 Å². The highest BCUT2D eigenvalue weighted by Crippen LogP contribution is 2.43. The Hall–Kier alpha value is -0.490. The summed E-state index contributed by atoms with van der Waals surface area (Å²) in [4.78, 5) is 13.7. The molecule has 2 unspecified atom stereocenters. The average Bonchev–Trinajstić information content (AvgIpc) is 3.01. The van der Waals surface area contributed by atoms with Crippen molar-refractivity contribution < 1.29 is 0 Å². The minimum atomic E-state index is 0.379. The Labute approximate surface area is 129 Å². The summed E-state index contributed by atoms with van der Waals surface area (Å²) < 4.78 is 0. The molecule has 0 spiro atoms. The van der Waals surface area contributed by atoms with Gasteiger partial charge in [0.15, 0.2) is 0 Å². The number of thioether (sulfide) groups is 2. The van der Waals surface area contributed by atoms with E-state index in [1.165, 1.54) is 37.2 Å². The Balaban J connectivity index is 1.87. The van der Waals surface area contributed by atoms with Gasteiger partial charge >= 0.3 is 0 Å². The second-order valence-corrected chi connectivity index (χ2v) is 8.10. The van der Waals surface area contributed by atoms with E-state index in [0.717, 1.165) is 18.1 Å². The number of anilines is 1. The van der Waals surface area contributed by atoms with Crippen molar-refractivity contribution in [3.05, 3.63) is 11.6 Å². The Bertz CT molecular complexity index is 462. The fourth-order valence-corrected chi connectivity index (χ4v) is 6.05. The van der Waals surface area contributed by atoms with Gasteiger partial charge in [0.1, 0.15) is 11.6 Å². The van der Waals surface area contributed by atoms with E-state index in [1.807, 2.05) is 23.5 Å². The minimum Gasteiger partial charge on any atom is -0.368 e. The zero-order chi connectivity index (χ0) is 13.9. The third-order valence-corrected chi connectivity index (χ3v) is 7.36. The van der Waals surface area contributed by atoms with Gasteiger partial charge in [-0.05, 0) is 19.3 Å². The minimum absolute atomic E-state index is 0.379. The monoisotopic (exact) mass is 310 g/mol. The third kappa shape index (κ3) is 3.06. The third-order valence-electron chi connectivity index (χ3n) is 4.11. The van der Waals surface area contributed by atoms with Crippen molar-refractivity contribution in [2.75, 3.05) is 17.2 Å². The molecule has 0 aromatic carbocycles. The maximum Gasteiger partial charge on any atom is 0.223 e. The lowest BCUT2D eigenvalue weighted by atomic mass is 10.1. The molecule has 1 aliphatic carbocycles. The topological polar surface area (TPSA) is 64.7 Å². The summed E-state index contributed by atoms with van der Waals surface area (Å²) in [7, 11) is 0. The maximum atomic E-state index is 5.94. The lowest BCUT2D eigenvalue weighted by molar-refractivity contribution is 0.642. The largest absolute Gasteiger partial charge is 0.368 e. The molecule has 4 nitrogen and oxygen atoms in total. The summed E-state index contributed by atoms with van der Waals surface area (Å²) in [5, 5.41) is 0.983. The Morgan fingerprint density at radius 3 is 2.50 bits per heavy atom. The van der Waals surface area contributed by atoms with Crippen LogP contribution in [0, 0.1) is 0 Å². The van der Waals surface area contributed by atoms with E-state index in [4.69, 9.17) is 10.7 Å². The SMILES string of the molecule is CCC1SCCSC1c1nc(N)nc(C2CCCC2)n1. The highest BCUT2D eigenvalue weighted by atomic mass is 32.2. The number of nitrogen functional groups attached to an aromatic ring is 1. The molecule has 0 bridgehead atoms. The highest BCUT2D eigenvalue weighted by Gasteiger charge is 2.30. The lowest BCUT2D eigenvalue weighted by Crippen LogP contribution is -2.22. The smallest absolute Gasteiger partial charge is 0.223 e. The van der Waals surface area contributed by atoms with Gasteiger partial charge in [-0.2, -0.15) is 21.7 Å².